The second-order valence-corrected chi connectivity index (χ2v) is 12.8. The molecule has 0 aromatic carbocycles. The molecule has 1 aliphatic heterocycles. The van der Waals surface area contributed by atoms with Crippen LogP contribution >= 0.6 is 0 Å². The third-order valence-corrected chi connectivity index (χ3v) is 6.73. The van der Waals surface area contributed by atoms with Gasteiger partial charge in [-0.3, -0.25) is 0 Å². The molecule has 1 saturated heterocycles. The van der Waals surface area contributed by atoms with E-state index < -0.39 is 21.5 Å². The van der Waals surface area contributed by atoms with Crippen molar-refractivity contribution in [3.8, 4) is 11.4 Å². The first kappa shape index (κ1) is 26.9. The summed E-state index contributed by atoms with van der Waals surface area (Å²) in [6.07, 6.45) is 0.820. The number of nitrogens with zero attached hydrogens (tertiary/aromatic N) is 4. The fourth-order valence-electron chi connectivity index (χ4n) is 4.26. The Hall–Kier alpha value is -3.18. The van der Waals surface area contributed by atoms with Crippen LogP contribution in [-0.2, 0) is 31.6 Å². The van der Waals surface area contributed by atoms with E-state index in [0.717, 1.165) is 16.7 Å². The molecular weight excluding hydrogens is 494 g/mol. The lowest BCUT2D eigenvalue weighted by Crippen LogP contribution is -2.44. The molecule has 0 radical (unpaired) electrons. The van der Waals surface area contributed by atoms with Crippen molar-refractivity contribution in [2.24, 2.45) is 0 Å². The van der Waals surface area contributed by atoms with Crippen molar-refractivity contribution in [1.82, 2.24) is 19.9 Å². The van der Waals surface area contributed by atoms with Crippen molar-refractivity contribution in [2.45, 2.75) is 51.6 Å². The summed E-state index contributed by atoms with van der Waals surface area (Å²) in [4.78, 5) is 28.9. The number of amides is 1. The fraction of sp³-hybridized carbons (Fsp3) is 0.500. The van der Waals surface area contributed by atoms with Gasteiger partial charge in [0.25, 0.3) is 0 Å². The van der Waals surface area contributed by atoms with Crippen LogP contribution < -0.4 is 4.90 Å². The average molecular weight is 530 g/mol. The summed E-state index contributed by atoms with van der Waals surface area (Å²) >= 11 is 0. The van der Waals surface area contributed by atoms with Crippen LogP contribution in [0.1, 0.15) is 39.0 Å². The SMILES string of the molecule is C[C@@H]1COCCN1c1cc(CS(C)(=O)=O)cc(-c2ccc3[nH]c(CN(C)C(=O)OC(C)(C)C)cc3n2)n1. The van der Waals surface area contributed by atoms with Gasteiger partial charge in [0.1, 0.15) is 11.4 Å². The Bertz CT molecular complexity index is 1400. The number of sulfone groups is 1. The van der Waals surface area contributed by atoms with Gasteiger partial charge in [0.15, 0.2) is 9.84 Å². The maximum atomic E-state index is 12.3. The highest BCUT2D eigenvalue weighted by atomic mass is 32.2. The molecule has 0 aliphatic carbocycles. The number of ether oxygens (including phenoxy) is 2. The number of rotatable bonds is 6. The monoisotopic (exact) mass is 529 g/mol. The number of pyridine rings is 2. The summed E-state index contributed by atoms with van der Waals surface area (Å²) in [6.45, 7) is 9.74. The fourth-order valence-corrected chi connectivity index (χ4v) is 5.03. The summed E-state index contributed by atoms with van der Waals surface area (Å²) < 4.78 is 35.2. The van der Waals surface area contributed by atoms with Gasteiger partial charge in [0.2, 0.25) is 0 Å². The van der Waals surface area contributed by atoms with Crippen LogP contribution in [0.15, 0.2) is 30.3 Å². The van der Waals surface area contributed by atoms with Crippen LogP contribution in [-0.4, -0.2) is 79.1 Å². The van der Waals surface area contributed by atoms with E-state index in [4.69, 9.17) is 19.4 Å². The van der Waals surface area contributed by atoms with Crippen LogP contribution in [0.5, 0.6) is 0 Å². The lowest BCUT2D eigenvalue weighted by atomic mass is 10.1. The Labute approximate surface area is 217 Å². The summed E-state index contributed by atoms with van der Waals surface area (Å²) in [6, 6.07) is 9.41. The topological polar surface area (TPSA) is 118 Å². The maximum absolute atomic E-state index is 12.3. The second-order valence-electron chi connectivity index (χ2n) is 10.7. The molecule has 11 heteroatoms. The van der Waals surface area contributed by atoms with Gasteiger partial charge in [-0.05, 0) is 63.6 Å². The van der Waals surface area contributed by atoms with Crippen LogP contribution in [0.3, 0.4) is 0 Å². The van der Waals surface area contributed by atoms with Crippen molar-refractivity contribution >= 4 is 32.8 Å². The summed E-state index contributed by atoms with van der Waals surface area (Å²) in [7, 11) is -1.55. The van der Waals surface area contributed by atoms with E-state index in [1.54, 1.807) is 13.1 Å². The van der Waals surface area contributed by atoms with Crippen molar-refractivity contribution in [3.05, 3.63) is 41.6 Å². The molecule has 1 aliphatic rings. The van der Waals surface area contributed by atoms with E-state index in [0.29, 0.717) is 49.1 Å². The third kappa shape index (κ3) is 6.98. The van der Waals surface area contributed by atoms with Gasteiger partial charge in [-0.2, -0.15) is 0 Å². The van der Waals surface area contributed by atoms with Gasteiger partial charge in [-0.25, -0.2) is 23.2 Å². The molecular formula is C26H35N5O5S. The number of nitrogens with one attached hydrogen (secondary N) is 1. The zero-order valence-electron chi connectivity index (χ0n) is 22.2. The molecule has 200 valence electrons. The van der Waals surface area contributed by atoms with Gasteiger partial charge in [-0.15, -0.1) is 0 Å². The molecule has 0 spiro atoms. The van der Waals surface area contributed by atoms with Crippen LogP contribution in [0.4, 0.5) is 10.6 Å². The Morgan fingerprint density at radius 1 is 1.22 bits per heavy atom. The van der Waals surface area contributed by atoms with Crippen molar-refractivity contribution in [3.63, 3.8) is 0 Å². The Morgan fingerprint density at radius 2 is 1.97 bits per heavy atom. The number of carbonyl (C=O) groups is 1. The van der Waals surface area contributed by atoms with Crippen molar-refractivity contribution < 1.29 is 22.7 Å². The van der Waals surface area contributed by atoms with Gasteiger partial charge < -0.3 is 24.3 Å². The number of hydrogen-bond acceptors (Lipinski definition) is 8. The van der Waals surface area contributed by atoms with E-state index in [9.17, 15) is 13.2 Å². The Kier molecular flexibility index (Phi) is 7.48. The Balaban J connectivity index is 1.65. The van der Waals surface area contributed by atoms with E-state index in [2.05, 4.69) is 16.8 Å². The van der Waals surface area contributed by atoms with Crippen LogP contribution in [0.2, 0.25) is 0 Å². The highest BCUT2D eigenvalue weighted by Gasteiger charge is 2.23. The molecule has 10 nitrogen and oxygen atoms in total. The molecule has 37 heavy (non-hydrogen) atoms. The molecule has 4 rings (SSSR count). The number of aromatic nitrogens is 3. The number of morpholine rings is 1. The summed E-state index contributed by atoms with van der Waals surface area (Å²) in [5, 5.41) is 0. The first-order valence-corrected chi connectivity index (χ1v) is 14.3. The molecule has 1 amide bonds. The summed E-state index contributed by atoms with van der Waals surface area (Å²) in [5.74, 6) is 0.629. The van der Waals surface area contributed by atoms with E-state index in [1.165, 1.54) is 11.2 Å². The highest BCUT2D eigenvalue weighted by molar-refractivity contribution is 7.89. The Morgan fingerprint density at radius 3 is 2.65 bits per heavy atom. The zero-order valence-corrected chi connectivity index (χ0v) is 23.1. The number of hydrogen-bond donors (Lipinski definition) is 1. The van der Waals surface area contributed by atoms with E-state index in [-0.39, 0.29) is 11.8 Å². The maximum Gasteiger partial charge on any atom is 0.410 e. The van der Waals surface area contributed by atoms with E-state index >= 15 is 0 Å². The highest BCUT2D eigenvalue weighted by Crippen LogP contribution is 2.27. The molecule has 0 saturated carbocycles. The molecule has 1 atom stereocenters. The standard InChI is InChI=1S/C26H35N5O5S/c1-17-15-35-10-9-31(17)24-12-18(16-37(6,33)34)11-22(29-24)21-8-7-20-23(28-21)13-19(27-20)14-30(5)25(32)36-26(2,3)4/h7-8,11-13,17,27H,9-10,14-16H2,1-6H3/t17-/m1/s1. The van der Waals surface area contributed by atoms with Gasteiger partial charge >= 0.3 is 6.09 Å². The average Bonchev–Trinajstić information content (AvgIpc) is 3.18. The minimum absolute atomic E-state index is 0.0816. The lowest BCUT2D eigenvalue weighted by Gasteiger charge is -2.34. The van der Waals surface area contributed by atoms with Crippen molar-refractivity contribution in [2.75, 3.05) is 38.0 Å². The predicted molar refractivity (Wildman–Crippen MR) is 143 cm³/mol. The van der Waals surface area contributed by atoms with E-state index in [1.807, 2.05) is 45.0 Å². The minimum atomic E-state index is -3.24. The zero-order chi connectivity index (χ0) is 27.0. The molecule has 3 aromatic heterocycles. The first-order valence-electron chi connectivity index (χ1n) is 12.2. The number of fused-ring (bicyclic) bond motifs is 1. The number of H-pyrrole nitrogens is 1. The molecule has 0 bridgehead atoms. The number of carbonyl (C=O) groups excluding carboxylic acids is 1. The van der Waals surface area contributed by atoms with Gasteiger partial charge in [0.05, 0.1) is 54.0 Å². The smallest absolute Gasteiger partial charge is 0.410 e. The number of anilines is 1. The molecule has 0 unspecified atom stereocenters. The minimum Gasteiger partial charge on any atom is -0.444 e. The molecule has 1 fully saturated rings. The largest absolute Gasteiger partial charge is 0.444 e. The summed E-state index contributed by atoms with van der Waals surface area (Å²) in [5.41, 5.74) is 3.69. The predicted octanol–water partition coefficient (Wildman–Crippen LogP) is 3.76. The molecule has 1 N–H and O–H groups in total. The molecule has 3 aromatic rings. The number of aromatic amines is 1. The lowest BCUT2D eigenvalue weighted by molar-refractivity contribution is 0.0283. The third-order valence-electron chi connectivity index (χ3n) is 5.87. The van der Waals surface area contributed by atoms with Crippen molar-refractivity contribution in [1.29, 1.82) is 0 Å². The quantitative estimate of drug-likeness (QED) is 0.513. The second kappa shape index (κ2) is 10.3. The van der Waals surface area contributed by atoms with Gasteiger partial charge in [-0.1, -0.05) is 0 Å². The van der Waals surface area contributed by atoms with Crippen LogP contribution in [0, 0.1) is 0 Å². The van der Waals surface area contributed by atoms with Crippen LogP contribution in [0.25, 0.3) is 22.4 Å². The molecule has 4 heterocycles. The van der Waals surface area contributed by atoms with Gasteiger partial charge in [0, 0.05) is 25.5 Å². The first-order chi connectivity index (χ1) is 17.3. The normalized spacial score (nSPS) is 16.7.